The average molecular weight is 526 g/mol. The molecule has 0 aliphatic carbocycles. The molecule has 0 bridgehead atoms. The molecule has 0 unspecified atom stereocenters. The number of carbonyl (C=O) groups excluding carboxylic acids is 3. The molecule has 0 radical (unpaired) electrons. The molecule has 0 N–H and O–H groups in total. The summed E-state index contributed by atoms with van der Waals surface area (Å²) in [7, 11) is 0. The second-order valence-corrected chi connectivity index (χ2v) is 11.2. The number of piperidine rings is 1. The molecule has 5 rings (SSSR count). The van der Waals surface area contributed by atoms with Crippen LogP contribution in [0.5, 0.6) is 0 Å². The van der Waals surface area contributed by atoms with Crippen molar-refractivity contribution in [2.75, 3.05) is 52.5 Å². The quantitative estimate of drug-likeness (QED) is 0.423. The topological polar surface area (TPSA) is 116 Å². The predicted molar refractivity (Wildman–Crippen MR) is 127 cm³/mol. The predicted octanol–water partition coefficient (Wildman–Crippen LogP) is 0.0828. The van der Waals surface area contributed by atoms with Crippen LogP contribution in [0.2, 0.25) is 0 Å². The van der Waals surface area contributed by atoms with E-state index in [4.69, 9.17) is 28.4 Å². The maximum Gasteiger partial charge on any atom is 0.242 e. The molecule has 5 heterocycles. The number of hydrogen-bond acceptors (Lipinski definition) is 10. The van der Waals surface area contributed by atoms with Crippen LogP contribution < -0.4 is 0 Å². The summed E-state index contributed by atoms with van der Waals surface area (Å²) < 4.78 is 36.3. The summed E-state index contributed by atoms with van der Waals surface area (Å²) in [5.41, 5.74) is 0. The lowest BCUT2D eigenvalue weighted by atomic mass is 10.1. The maximum atomic E-state index is 12.7. The number of imide groups is 1. The molecule has 5 saturated heterocycles. The van der Waals surface area contributed by atoms with Crippen LogP contribution in [0.3, 0.4) is 0 Å². The number of rotatable bonds is 7. The van der Waals surface area contributed by atoms with Crippen LogP contribution in [0, 0.1) is 0 Å². The zero-order valence-corrected chi connectivity index (χ0v) is 22.2. The number of amides is 3. The number of fused-ring (bicyclic) bond motifs is 1. The van der Waals surface area contributed by atoms with Crippen LogP contribution in [0.1, 0.15) is 47.0 Å². The van der Waals surface area contributed by atoms with Crippen molar-refractivity contribution in [1.29, 1.82) is 0 Å². The van der Waals surface area contributed by atoms with Crippen LogP contribution in [0.4, 0.5) is 0 Å². The van der Waals surface area contributed by atoms with Gasteiger partial charge in [0.1, 0.15) is 31.0 Å². The third-order valence-corrected chi connectivity index (χ3v) is 7.54. The van der Waals surface area contributed by atoms with Gasteiger partial charge in [0.05, 0.1) is 13.2 Å². The fourth-order valence-electron chi connectivity index (χ4n) is 5.63. The van der Waals surface area contributed by atoms with Crippen LogP contribution in [-0.2, 0) is 42.8 Å². The van der Waals surface area contributed by atoms with E-state index in [2.05, 4.69) is 4.90 Å². The van der Waals surface area contributed by atoms with E-state index in [1.807, 2.05) is 27.7 Å². The lowest BCUT2D eigenvalue weighted by Crippen LogP contribution is -2.53. The highest BCUT2D eigenvalue weighted by Gasteiger charge is 2.59. The largest absolute Gasteiger partial charge is 0.349 e. The van der Waals surface area contributed by atoms with Crippen molar-refractivity contribution >= 4 is 17.7 Å². The molecule has 37 heavy (non-hydrogen) atoms. The number of likely N-dealkylation sites (tertiary alicyclic amines) is 1. The first-order chi connectivity index (χ1) is 17.5. The van der Waals surface area contributed by atoms with Gasteiger partial charge in [-0.1, -0.05) is 0 Å². The summed E-state index contributed by atoms with van der Waals surface area (Å²) in [5.74, 6) is -2.09. The monoisotopic (exact) mass is 525 g/mol. The average Bonchev–Trinajstić information content (AvgIpc) is 3.46. The van der Waals surface area contributed by atoms with Crippen molar-refractivity contribution < 1.29 is 42.8 Å². The molecule has 0 saturated carbocycles. The van der Waals surface area contributed by atoms with Crippen molar-refractivity contribution in [3.8, 4) is 0 Å². The molecule has 12 heteroatoms. The lowest BCUT2D eigenvalue weighted by Gasteiger charge is -2.36. The first-order valence-corrected chi connectivity index (χ1v) is 13.3. The van der Waals surface area contributed by atoms with Gasteiger partial charge in [0.25, 0.3) is 0 Å². The van der Waals surface area contributed by atoms with E-state index in [0.717, 1.165) is 4.90 Å². The van der Waals surface area contributed by atoms with E-state index in [9.17, 15) is 14.4 Å². The van der Waals surface area contributed by atoms with Gasteiger partial charge in [0.2, 0.25) is 17.7 Å². The fraction of sp³-hybridized carbons (Fsp3) is 0.880. The van der Waals surface area contributed by atoms with E-state index in [0.29, 0.717) is 65.2 Å². The Balaban J connectivity index is 1.07. The minimum atomic E-state index is -0.736. The van der Waals surface area contributed by atoms with Crippen molar-refractivity contribution in [2.24, 2.45) is 0 Å². The minimum absolute atomic E-state index is 0.158. The van der Waals surface area contributed by atoms with E-state index < -0.39 is 17.9 Å². The molecule has 5 atom stereocenters. The molecule has 0 aromatic carbocycles. The number of piperazine rings is 1. The summed E-state index contributed by atoms with van der Waals surface area (Å²) in [4.78, 5) is 41.7. The number of hydrogen-bond donors (Lipinski definition) is 0. The highest BCUT2D eigenvalue weighted by atomic mass is 16.8. The Bertz CT molecular complexity index is 873. The Labute approximate surface area is 217 Å². The Morgan fingerprint density at radius 1 is 0.919 bits per heavy atom. The molecule has 208 valence electrons. The van der Waals surface area contributed by atoms with Crippen LogP contribution in [0.15, 0.2) is 0 Å². The zero-order valence-electron chi connectivity index (χ0n) is 22.2. The summed E-state index contributed by atoms with van der Waals surface area (Å²) in [6, 6.07) is 0. The lowest BCUT2D eigenvalue weighted by molar-refractivity contribution is -0.248. The van der Waals surface area contributed by atoms with E-state index >= 15 is 0 Å². The first kappa shape index (κ1) is 26.9. The second-order valence-electron chi connectivity index (χ2n) is 11.2. The highest BCUT2D eigenvalue weighted by molar-refractivity contribution is 6.00. The molecule has 3 amide bonds. The van der Waals surface area contributed by atoms with Gasteiger partial charge in [-0.05, 0) is 34.1 Å². The molecular formula is C25H39N3O9. The van der Waals surface area contributed by atoms with Crippen LogP contribution in [0.25, 0.3) is 0 Å². The van der Waals surface area contributed by atoms with Gasteiger partial charge in [0.15, 0.2) is 17.9 Å². The summed E-state index contributed by atoms with van der Waals surface area (Å²) in [6.45, 7) is 11.3. The summed E-state index contributed by atoms with van der Waals surface area (Å²) in [6.07, 6.45) is -0.651. The van der Waals surface area contributed by atoms with E-state index in [1.165, 1.54) is 0 Å². The standard InChI is InChI=1S/C25H39N3O9/c1-24(2)33-15-16(35-24)20-21-22(37-25(3,4)36-21)23(34-20)32-13-12-26-8-10-27(11-9-26)19(31)14-28-17(29)6-5-7-18(28)30/h16,20-23H,5-15H2,1-4H3/t16-,20-,21+,22+,23+/m1/s1. The molecular weight excluding hydrogens is 486 g/mol. The zero-order chi connectivity index (χ0) is 26.4. The SMILES string of the molecule is CC1(C)O[C@@H]2[C@H](O1)[C@@H](OCCN1CCN(C(=O)CN3C(=O)CCCC3=O)CC1)O[C@@H]2[C@H]1COC(C)(C)O1. The van der Waals surface area contributed by atoms with E-state index in [1.54, 1.807) is 4.90 Å². The van der Waals surface area contributed by atoms with Crippen molar-refractivity contribution in [3.63, 3.8) is 0 Å². The van der Waals surface area contributed by atoms with Gasteiger partial charge in [0, 0.05) is 45.6 Å². The molecule has 12 nitrogen and oxygen atoms in total. The molecule has 0 spiro atoms. The first-order valence-electron chi connectivity index (χ1n) is 13.3. The Hall–Kier alpha value is -1.67. The summed E-state index contributed by atoms with van der Waals surface area (Å²) >= 11 is 0. The van der Waals surface area contributed by atoms with Crippen molar-refractivity contribution in [3.05, 3.63) is 0 Å². The molecule has 5 aliphatic heterocycles. The van der Waals surface area contributed by atoms with Crippen molar-refractivity contribution in [2.45, 2.75) is 89.2 Å². The second kappa shape index (κ2) is 10.5. The van der Waals surface area contributed by atoms with Gasteiger partial charge in [-0.25, -0.2) is 0 Å². The smallest absolute Gasteiger partial charge is 0.242 e. The van der Waals surface area contributed by atoms with Gasteiger partial charge < -0.3 is 33.3 Å². The minimum Gasteiger partial charge on any atom is -0.349 e. The third kappa shape index (κ3) is 6.00. The number of carbonyl (C=O) groups is 3. The van der Waals surface area contributed by atoms with Gasteiger partial charge in [-0.2, -0.15) is 0 Å². The number of ether oxygens (including phenoxy) is 6. The van der Waals surface area contributed by atoms with Crippen LogP contribution in [-0.4, -0.2) is 127 Å². The van der Waals surface area contributed by atoms with Gasteiger partial charge >= 0.3 is 0 Å². The van der Waals surface area contributed by atoms with Crippen LogP contribution >= 0.6 is 0 Å². The highest BCUT2D eigenvalue weighted by Crippen LogP contribution is 2.42. The van der Waals surface area contributed by atoms with Gasteiger partial charge in [-0.15, -0.1) is 0 Å². The van der Waals surface area contributed by atoms with Gasteiger partial charge in [-0.3, -0.25) is 24.2 Å². The van der Waals surface area contributed by atoms with Crippen molar-refractivity contribution in [1.82, 2.24) is 14.7 Å². The molecule has 5 fully saturated rings. The normalized spacial score (nSPS) is 35.8. The van der Waals surface area contributed by atoms with E-state index in [-0.39, 0.29) is 48.7 Å². The molecule has 0 aromatic rings. The Morgan fingerprint density at radius 2 is 1.59 bits per heavy atom. The molecule has 0 aromatic heterocycles. The maximum absolute atomic E-state index is 12.7. The Kier molecular flexibility index (Phi) is 7.62. The molecule has 5 aliphatic rings. The fourth-order valence-corrected chi connectivity index (χ4v) is 5.63. The third-order valence-electron chi connectivity index (χ3n) is 7.54. The Morgan fingerprint density at radius 3 is 2.24 bits per heavy atom. The summed E-state index contributed by atoms with van der Waals surface area (Å²) in [5, 5.41) is 0. The number of nitrogens with zero attached hydrogens (tertiary/aromatic N) is 3.